The molecule has 1 N–H and O–H groups in total. The molecule has 0 amide bonds. The summed E-state index contributed by atoms with van der Waals surface area (Å²) < 4.78 is 5.61. The van der Waals surface area contributed by atoms with Crippen molar-refractivity contribution in [2.45, 2.75) is 32.2 Å². The second-order valence-corrected chi connectivity index (χ2v) is 4.47. The van der Waals surface area contributed by atoms with E-state index in [1.165, 1.54) is 31.2 Å². The number of hydrogen-bond acceptors (Lipinski definition) is 3. The van der Waals surface area contributed by atoms with Gasteiger partial charge in [0.15, 0.2) is 0 Å². The van der Waals surface area contributed by atoms with Gasteiger partial charge in [-0.3, -0.25) is 0 Å². The Morgan fingerprint density at radius 1 is 1.44 bits per heavy atom. The number of ether oxygens (including phenoxy) is 1. The zero-order valence-electron chi connectivity index (χ0n) is 9.91. The molecule has 1 saturated carbocycles. The van der Waals surface area contributed by atoms with Gasteiger partial charge >= 0.3 is 0 Å². The van der Waals surface area contributed by atoms with Crippen molar-refractivity contribution in [2.75, 3.05) is 13.7 Å². The lowest BCUT2D eigenvalue weighted by atomic mass is 9.83. The van der Waals surface area contributed by atoms with Gasteiger partial charge in [-0.1, -0.05) is 25.3 Å². The quantitative estimate of drug-likeness (QED) is 0.799. The van der Waals surface area contributed by atoms with Crippen molar-refractivity contribution in [1.29, 1.82) is 0 Å². The Balaban J connectivity index is 1.71. The second-order valence-electron chi connectivity index (χ2n) is 4.47. The lowest BCUT2D eigenvalue weighted by Crippen LogP contribution is -2.14. The summed E-state index contributed by atoms with van der Waals surface area (Å²) in [6.45, 7) is 1.67. The lowest BCUT2D eigenvalue weighted by Gasteiger charge is -2.24. The second kappa shape index (κ2) is 5.85. The van der Waals surface area contributed by atoms with Gasteiger partial charge < -0.3 is 10.1 Å². The van der Waals surface area contributed by atoms with Crippen LogP contribution in [0.15, 0.2) is 18.3 Å². The summed E-state index contributed by atoms with van der Waals surface area (Å²) in [6.07, 6.45) is 7.23. The van der Waals surface area contributed by atoms with Crippen LogP contribution in [-0.4, -0.2) is 18.6 Å². The molecule has 1 aliphatic carbocycles. The average molecular weight is 220 g/mol. The first-order valence-corrected chi connectivity index (χ1v) is 6.11. The molecule has 0 bridgehead atoms. The molecule has 3 heteroatoms. The largest absolute Gasteiger partial charge is 0.478 e. The number of rotatable bonds is 6. The highest BCUT2D eigenvalue weighted by Crippen LogP contribution is 2.29. The number of hydrogen-bond donors (Lipinski definition) is 1. The van der Waals surface area contributed by atoms with E-state index in [2.05, 4.69) is 16.4 Å². The zero-order chi connectivity index (χ0) is 11.2. The van der Waals surface area contributed by atoms with Gasteiger partial charge in [0.05, 0.1) is 6.61 Å². The van der Waals surface area contributed by atoms with Gasteiger partial charge in [-0.25, -0.2) is 4.98 Å². The average Bonchev–Trinajstić information content (AvgIpc) is 2.24. The van der Waals surface area contributed by atoms with Crippen molar-refractivity contribution in [3.05, 3.63) is 23.9 Å². The van der Waals surface area contributed by atoms with Crippen molar-refractivity contribution in [1.82, 2.24) is 10.3 Å². The predicted octanol–water partition coefficient (Wildman–Crippen LogP) is 2.37. The van der Waals surface area contributed by atoms with E-state index in [9.17, 15) is 0 Å². The molecule has 2 rings (SSSR count). The molecule has 1 aromatic heterocycles. The molecule has 16 heavy (non-hydrogen) atoms. The van der Waals surface area contributed by atoms with Gasteiger partial charge in [0.1, 0.15) is 0 Å². The Bertz CT molecular complexity index is 306. The van der Waals surface area contributed by atoms with Crippen molar-refractivity contribution < 1.29 is 4.74 Å². The van der Waals surface area contributed by atoms with Crippen LogP contribution in [0.4, 0.5) is 0 Å². The maximum absolute atomic E-state index is 5.61. The summed E-state index contributed by atoms with van der Waals surface area (Å²) in [5.74, 6) is 1.66. The summed E-state index contributed by atoms with van der Waals surface area (Å²) in [6, 6.07) is 4.01. The van der Waals surface area contributed by atoms with Crippen molar-refractivity contribution >= 4 is 0 Å². The fourth-order valence-corrected chi connectivity index (χ4v) is 1.92. The summed E-state index contributed by atoms with van der Waals surface area (Å²) >= 11 is 0. The van der Waals surface area contributed by atoms with Crippen LogP contribution in [0.3, 0.4) is 0 Å². The van der Waals surface area contributed by atoms with Gasteiger partial charge in [0.2, 0.25) is 5.88 Å². The van der Waals surface area contributed by atoms with Crippen LogP contribution in [0.5, 0.6) is 5.88 Å². The van der Waals surface area contributed by atoms with Gasteiger partial charge in [-0.15, -0.1) is 0 Å². The minimum absolute atomic E-state index is 0.749. The standard InChI is InChI=1S/C13H20N2O/c1-14-9-12-5-6-13(15-10-12)16-8-7-11-3-2-4-11/h5-6,10-11,14H,2-4,7-9H2,1H3. The Kier molecular flexibility index (Phi) is 4.17. The van der Waals surface area contributed by atoms with E-state index >= 15 is 0 Å². The van der Waals surface area contributed by atoms with E-state index < -0.39 is 0 Å². The van der Waals surface area contributed by atoms with Gasteiger partial charge in [0, 0.05) is 18.8 Å². The van der Waals surface area contributed by atoms with Crippen LogP contribution in [-0.2, 0) is 6.54 Å². The van der Waals surface area contributed by atoms with E-state index in [4.69, 9.17) is 4.74 Å². The molecule has 1 aliphatic rings. The molecule has 3 nitrogen and oxygen atoms in total. The first-order chi connectivity index (χ1) is 7.88. The molecular formula is C13H20N2O. The smallest absolute Gasteiger partial charge is 0.213 e. The van der Waals surface area contributed by atoms with Crippen molar-refractivity contribution in [2.24, 2.45) is 5.92 Å². The molecule has 0 aliphatic heterocycles. The van der Waals surface area contributed by atoms with Crippen LogP contribution in [0, 0.1) is 5.92 Å². The maximum Gasteiger partial charge on any atom is 0.213 e. The fourth-order valence-electron chi connectivity index (χ4n) is 1.92. The molecule has 0 spiro atoms. The van der Waals surface area contributed by atoms with Crippen LogP contribution >= 0.6 is 0 Å². The summed E-state index contributed by atoms with van der Waals surface area (Å²) in [7, 11) is 1.93. The summed E-state index contributed by atoms with van der Waals surface area (Å²) in [5, 5.41) is 3.10. The van der Waals surface area contributed by atoms with Crippen molar-refractivity contribution in [3.63, 3.8) is 0 Å². The zero-order valence-corrected chi connectivity index (χ0v) is 9.91. The van der Waals surface area contributed by atoms with Crippen LogP contribution in [0.2, 0.25) is 0 Å². The molecule has 0 saturated heterocycles. The minimum atomic E-state index is 0.749. The molecule has 0 atom stereocenters. The maximum atomic E-state index is 5.61. The third-order valence-corrected chi connectivity index (χ3v) is 3.18. The molecule has 0 unspecified atom stereocenters. The van der Waals surface area contributed by atoms with E-state index in [0.717, 1.165) is 24.9 Å². The fraction of sp³-hybridized carbons (Fsp3) is 0.615. The van der Waals surface area contributed by atoms with E-state index in [1.807, 2.05) is 19.3 Å². The predicted molar refractivity (Wildman–Crippen MR) is 64.5 cm³/mol. The molecule has 0 radical (unpaired) electrons. The third-order valence-electron chi connectivity index (χ3n) is 3.18. The Morgan fingerprint density at radius 3 is 2.88 bits per heavy atom. The van der Waals surface area contributed by atoms with E-state index in [-0.39, 0.29) is 0 Å². The highest BCUT2D eigenvalue weighted by Gasteiger charge is 2.16. The summed E-state index contributed by atoms with van der Waals surface area (Å²) in [4.78, 5) is 4.28. The van der Waals surface area contributed by atoms with E-state index in [0.29, 0.717) is 0 Å². The summed E-state index contributed by atoms with van der Waals surface area (Å²) in [5.41, 5.74) is 1.19. The SMILES string of the molecule is CNCc1ccc(OCCC2CCC2)nc1. The molecule has 0 aromatic carbocycles. The highest BCUT2D eigenvalue weighted by molar-refractivity contribution is 5.17. The third kappa shape index (κ3) is 3.20. The highest BCUT2D eigenvalue weighted by atomic mass is 16.5. The van der Waals surface area contributed by atoms with Crippen LogP contribution in [0.1, 0.15) is 31.2 Å². The molecule has 88 valence electrons. The molecule has 1 fully saturated rings. The van der Waals surface area contributed by atoms with Crippen molar-refractivity contribution in [3.8, 4) is 5.88 Å². The first kappa shape index (κ1) is 11.4. The molecule has 1 aromatic rings. The Labute approximate surface area is 97.2 Å². The Morgan fingerprint density at radius 2 is 2.31 bits per heavy atom. The minimum Gasteiger partial charge on any atom is -0.478 e. The van der Waals surface area contributed by atoms with Gasteiger partial charge in [-0.2, -0.15) is 0 Å². The normalized spacial score (nSPS) is 15.8. The van der Waals surface area contributed by atoms with Gasteiger partial charge in [0.25, 0.3) is 0 Å². The van der Waals surface area contributed by atoms with Gasteiger partial charge in [-0.05, 0) is 24.9 Å². The van der Waals surface area contributed by atoms with Crippen LogP contribution < -0.4 is 10.1 Å². The number of nitrogens with zero attached hydrogens (tertiary/aromatic N) is 1. The van der Waals surface area contributed by atoms with E-state index in [1.54, 1.807) is 0 Å². The topological polar surface area (TPSA) is 34.1 Å². The monoisotopic (exact) mass is 220 g/mol. The molecular weight excluding hydrogens is 200 g/mol. The number of nitrogens with one attached hydrogen (secondary N) is 1. The lowest BCUT2D eigenvalue weighted by molar-refractivity contribution is 0.217. The Hall–Kier alpha value is -1.09. The molecule has 1 heterocycles. The van der Waals surface area contributed by atoms with Crippen LogP contribution in [0.25, 0.3) is 0 Å². The number of aromatic nitrogens is 1. The first-order valence-electron chi connectivity index (χ1n) is 6.11. The number of pyridine rings is 1.